The molecule has 2 aromatic heterocycles. The van der Waals surface area contributed by atoms with Crippen molar-refractivity contribution < 1.29 is 9.59 Å². The molecule has 0 saturated carbocycles. The maximum Gasteiger partial charge on any atom is 0.267 e. The number of nitrogens with one attached hydrogen (secondary N) is 2. The number of nitrogens with zero attached hydrogens (tertiary/aromatic N) is 2. The highest BCUT2D eigenvalue weighted by molar-refractivity contribution is 7.14. The van der Waals surface area contributed by atoms with Crippen molar-refractivity contribution in [3.8, 4) is 0 Å². The Kier molecular flexibility index (Phi) is 5.68. The van der Waals surface area contributed by atoms with Crippen LogP contribution in [0.2, 0.25) is 0 Å². The molecule has 2 N–H and O–H groups in total. The Bertz CT molecular complexity index is 962. The zero-order valence-corrected chi connectivity index (χ0v) is 16.8. The second-order valence-electron chi connectivity index (χ2n) is 6.51. The van der Waals surface area contributed by atoms with E-state index >= 15 is 0 Å². The molecule has 1 saturated heterocycles. The molecule has 28 heavy (non-hydrogen) atoms. The van der Waals surface area contributed by atoms with Gasteiger partial charge in [0.25, 0.3) is 5.91 Å². The molecule has 1 aliphatic heterocycles. The normalized spacial score (nSPS) is 13.5. The lowest BCUT2D eigenvalue weighted by molar-refractivity contribution is -0.115. The number of rotatable bonds is 6. The number of hydrogen-bond donors (Lipinski definition) is 2. The Morgan fingerprint density at radius 3 is 2.64 bits per heavy atom. The first-order valence-electron chi connectivity index (χ1n) is 9.12. The number of para-hydroxylation sites is 2. The Labute approximate surface area is 171 Å². The molecule has 3 aromatic rings. The quantitative estimate of drug-likeness (QED) is 0.635. The predicted molar refractivity (Wildman–Crippen MR) is 115 cm³/mol. The molecule has 3 heterocycles. The van der Waals surface area contributed by atoms with Crippen LogP contribution in [0.25, 0.3) is 0 Å². The van der Waals surface area contributed by atoms with E-state index in [1.165, 1.54) is 35.5 Å². The van der Waals surface area contributed by atoms with E-state index in [9.17, 15) is 9.59 Å². The van der Waals surface area contributed by atoms with Crippen molar-refractivity contribution in [1.29, 1.82) is 0 Å². The molecule has 144 valence electrons. The molecule has 0 spiro atoms. The zero-order chi connectivity index (χ0) is 19.3. The summed E-state index contributed by atoms with van der Waals surface area (Å²) in [6.07, 6.45) is 2.53. The molecule has 1 aromatic carbocycles. The minimum atomic E-state index is -0.181. The third kappa shape index (κ3) is 4.40. The highest BCUT2D eigenvalue weighted by Gasteiger charge is 2.17. The molecule has 0 atom stereocenters. The molecule has 0 bridgehead atoms. The first-order chi connectivity index (χ1) is 13.7. The van der Waals surface area contributed by atoms with Crippen molar-refractivity contribution in [2.75, 3.05) is 28.6 Å². The van der Waals surface area contributed by atoms with E-state index in [1.807, 2.05) is 35.7 Å². The van der Waals surface area contributed by atoms with E-state index in [1.54, 1.807) is 11.4 Å². The number of thiophene rings is 1. The first-order valence-corrected chi connectivity index (χ1v) is 10.9. The van der Waals surface area contributed by atoms with Gasteiger partial charge in [-0.15, -0.1) is 22.7 Å². The van der Waals surface area contributed by atoms with Crippen LogP contribution in [0.4, 0.5) is 16.5 Å². The lowest BCUT2D eigenvalue weighted by Crippen LogP contribution is -2.21. The van der Waals surface area contributed by atoms with Crippen LogP contribution in [0, 0.1) is 0 Å². The Morgan fingerprint density at radius 1 is 1.04 bits per heavy atom. The van der Waals surface area contributed by atoms with Gasteiger partial charge in [0.15, 0.2) is 5.13 Å². The summed E-state index contributed by atoms with van der Waals surface area (Å²) in [6, 6.07) is 11.5. The van der Waals surface area contributed by atoms with Gasteiger partial charge < -0.3 is 10.2 Å². The monoisotopic (exact) mass is 412 g/mol. The second-order valence-corrected chi connectivity index (χ2v) is 8.32. The Hall–Kier alpha value is -2.71. The Balaban J connectivity index is 1.37. The summed E-state index contributed by atoms with van der Waals surface area (Å²) in [7, 11) is 0. The van der Waals surface area contributed by atoms with Crippen molar-refractivity contribution in [3.63, 3.8) is 0 Å². The van der Waals surface area contributed by atoms with Crippen LogP contribution in [0.1, 0.15) is 28.2 Å². The molecule has 6 nitrogen and oxygen atoms in total. The molecular weight excluding hydrogens is 392 g/mol. The Morgan fingerprint density at radius 2 is 1.86 bits per heavy atom. The van der Waals surface area contributed by atoms with Crippen LogP contribution in [-0.2, 0) is 11.2 Å². The van der Waals surface area contributed by atoms with Gasteiger partial charge in [0.05, 0.1) is 28.4 Å². The molecule has 0 unspecified atom stereocenters. The number of carbonyl (C=O) groups excluding carboxylic acids is 2. The van der Waals surface area contributed by atoms with Crippen molar-refractivity contribution in [2.45, 2.75) is 19.3 Å². The van der Waals surface area contributed by atoms with Crippen molar-refractivity contribution in [3.05, 3.63) is 57.7 Å². The van der Waals surface area contributed by atoms with Gasteiger partial charge in [-0.25, -0.2) is 4.98 Å². The van der Waals surface area contributed by atoms with E-state index in [0.29, 0.717) is 15.7 Å². The third-order valence-corrected chi connectivity index (χ3v) is 6.16. The fraction of sp³-hybridized carbons (Fsp3) is 0.250. The number of benzene rings is 1. The van der Waals surface area contributed by atoms with Crippen LogP contribution in [0.3, 0.4) is 0 Å². The maximum absolute atomic E-state index is 12.5. The molecular formula is C20H20N4O2S2. The average Bonchev–Trinajstić information content (AvgIpc) is 3.45. The highest BCUT2D eigenvalue weighted by Crippen LogP contribution is 2.28. The number of hydrogen-bond acceptors (Lipinski definition) is 6. The fourth-order valence-corrected chi connectivity index (χ4v) is 4.51. The summed E-state index contributed by atoms with van der Waals surface area (Å²) in [5, 5.41) is 9.94. The summed E-state index contributed by atoms with van der Waals surface area (Å²) in [5.41, 5.74) is 2.54. The van der Waals surface area contributed by atoms with E-state index in [4.69, 9.17) is 0 Å². The highest BCUT2D eigenvalue weighted by atomic mass is 32.1. The molecule has 4 rings (SSSR count). The largest absolute Gasteiger partial charge is 0.370 e. The summed E-state index contributed by atoms with van der Waals surface area (Å²) in [6.45, 7) is 2.04. The lowest BCUT2D eigenvalue weighted by Gasteiger charge is -2.21. The second kappa shape index (κ2) is 8.53. The number of amides is 2. The SMILES string of the molecule is O=C(Cc1csc(NC(=O)c2cccs2)n1)Nc1ccccc1N1CCCC1. The van der Waals surface area contributed by atoms with E-state index in [-0.39, 0.29) is 18.2 Å². The number of carbonyl (C=O) groups is 2. The lowest BCUT2D eigenvalue weighted by atomic mass is 10.2. The molecule has 1 fully saturated rings. The topological polar surface area (TPSA) is 74.3 Å². The van der Waals surface area contributed by atoms with Crippen LogP contribution >= 0.6 is 22.7 Å². The minimum absolute atomic E-state index is 0.118. The first kappa shape index (κ1) is 18.6. The molecule has 0 aliphatic carbocycles. The van der Waals surface area contributed by atoms with Crippen LogP contribution in [-0.4, -0.2) is 29.9 Å². The summed E-state index contributed by atoms with van der Waals surface area (Å²) in [4.78, 5) is 31.9. The van der Waals surface area contributed by atoms with Gasteiger partial charge in [-0.1, -0.05) is 18.2 Å². The van der Waals surface area contributed by atoms with Gasteiger partial charge in [0.1, 0.15) is 0 Å². The molecule has 0 radical (unpaired) electrons. The van der Waals surface area contributed by atoms with Gasteiger partial charge in [0, 0.05) is 18.5 Å². The van der Waals surface area contributed by atoms with Crippen LogP contribution in [0.15, 0.2) is 47.2 Å². The van der Waals surface area contributed by atoms with E-state index < -0.39 is 0 Å². The van der Waals surface area contributed by atoms with Gasteiger partial charge in [-0.3, -0.25) is 14.9 Å². The van der Waals surface area contributed by atoms with Crippen molar-refractivity contribution in [2.24, 2.45) is 0 Å². The minimum Gasteiger partial charge on any atom is -0.370 e. The third-order valence-electron chi connectivity index (χ3n) is 4.48. The van der Waals surface area contributed by atoms with Crippen molar-refractivity contribution >= 4 is 51.0 Å². The molecule has 2 amide bonds. The van der Waals surface area contributed by atoms with Gasteiger partial charge in [-0.05, 0) is 36.4 Å². The van der Waals surface area contributed by atoms with Crippen LogP contribution < -0.4 is 15.5 Å². The van der Waals surface area contributed by atoms with Crippen molar-refractivity contribution in [1.82, 2.24) is 4.98 Å². The molecule has 1 aliphatic rings. The number of anilines is 3. The van der Waals surface area contributed by atoms with E-state index in [0.717, 1.165) is 24.5 Å². The van der Waals surface area contributed by atoms with E-state index in [2.05, 4.69) is 20.5 Å². The molecule has 8 heteroatoms. The van der Waals surface area contributed by atoms with Gasteiger partial charge in [0.2, 0.25) is 5.91 Å². The van der Waals surface area contributed by atoms with Crippen LogP contribution in [0.5, 0.6) is 0 Å². The smallest absolute Gasteiger partial charge is 0.267 e. The number of aromatic nitrogens is 1. The predicted octanol–water partition coefficient (Wildman–Crippen LogP) is 4.24. The average molecular weight is 413 g/mol. The zero-order valence-electron chi connectivity index (χ0n) is 15.2. The fourth-order valence-electron chi connectivity index (χ4n) is 3.18. The van der Waals surface area contributed by atoms with Gasteiger partial charge >= 0.3 is 0 Å². The van der Waals surface area contributed by atoms with Gasteiger partial charge in [-0.2, -0.15) is 0 Å². The summed E-state index contributed by atoms with van der Waals surface area (Å²) in [5.74, 6) is -0.298. The maximum atomic E-state index is 12.5. The summed E-state index contributed by atoms with van der Waals surface area (Å²) >= 11 is 2.70. The standard InChI is InChI=1S/C20H20N4O2S2/c25-18(22-15-6-1-2-7-16(15)24-9-3-4-10-24)12-14-13-28-20(21-14)23-19(26)17-8-5-11-27-17/h1-2,5-8,11,13H,3-4,9-10,12H2,(H,22,25)(H,21,23,26). The number of thiazole rings is 1. The summed E-state index contributed by atoms with van der Waals surface area (Å²) < 4.78 is 0.